The number of anilines is 2. The molecule has 0 fully saturated rings. The van der Waals surface area contributed by atoms with Crippen molar-refractivity contribution in [2.24, 2.45) is 0 Å². The Bertz CT molecular complexity index is 1790. The van der Waals surface area contributed by atoms with Gasteiger partial charge in [0.1, 0.15) is 28.2 Å². The largest absolute Gasteiger partial charge is 0.455 e. The van der Waals surface area contributed by atoms with Crippen LogP contribution in [0, 0.1) is 17.7 Å². The fraction of sp³-hybridized carbons (Fsp3) is 0.0333. The summed E-state index contributed by atoms with van der Waals surface area (Å²) < 4.78 is 20.4. The Labute approximate surface area is 233 Å². The number of ether oxygens (including phenoxy) is 1. The summed E-state index contributed by atoms with van der Waals surface area (Å²) in [5.74, 6) is 6.16. The number of nitrogen functional groups attached to an aromatic ring is 2. The number of fused-ring (bicyclic) bond motifs is 1. The number of pyridine rings is 2. The molecular formula is C30H19Cl2FN4O2. The van der Waals surface area contributed by atoms with E-state index in [1.165, 1.54) is 24.4 Å². The van der Waals surface area contributed by atoms with Crippen LogP contribution in [-0.4, -0.2) is 15.8 Å². The summed E-state index contributed by atoms with van der Waals surface area (Å²) >= 11 is 12.2. The highest BCUT2D eigenvalue weighted by atomic mass is 35.5. The van der Waals surface area contributed by atoms with Crippen LogP contribution in [0.3, 0.4) is 0 Å². The summed E-state index contributed by atoms with van der Waals surface area (Å²) in [6.45, 7) is 0. The van der Waals surface area contributed by atoms with Crippen molar-refractivity contribution in [3.8, 4) is 23.3 Å². The van der Waals surface area contributed by atoms with Crippen molar-refractivity contribution in [3.63, 3.8) is 0 Å². The van der Waals surface area contributed by atoms with Gasteiger partial charge in [0.05, 0.1) is 5.56 Å². The molecule has 0 atom stereocenters. The van der Waals surface area contributed by atoms with Crippen LogP contribution in [0.15, 0.2) is 79.1 Å². The molecule has 0 aliphatic heterocycles. The highest BCUT2D eigenvalue weighted by molar-refractivity contribution is 6.34. The average molecular weight is 557 g/mol. The van der Waals surface area contributed by atoms with Crippen molar-refractivity contribution in [1.82, 2.24) is 9.97 Å². The molecule has 39 heavy (non-hydrogen) atoms. The van der Waals surface area contributed by atoms with Crippen molar-refractivity contribution in [3.05, 3.63) is 117 Å². The summed E-state index contributed by atoms with van der Waals surface area (Å²) in [6, 6.07) is 17.9. The fourth-order valence-corrected chi connectivity index (χ4v) is 4.18. The van der Waals surface area contributed by atoms with Gasteiger partial charge in [-0.1, -0.05) is 59.3 Å². The van der Waals surface area contributed by atoms with Gasteiger partial charge in [0.2, 0.25) is 0 Å². The van der Waals surface area contributed by atoms with Crippen LogP contribution in [0.2, 0.25) is 10.0 Å². The lowest BCUT2D eigenvalue weighted by molar-refractivity contribution is 0.0991. The molecule has 0 aliphatic carbocycles. The van der Waals surface area contributed by atoms with Crippen LogP contribution in [0.5, 0.6) is 11.5 Å². The van der Waals surface area contributed by atoms with E-state index in [9.17, 15) is 9.18 Å². The first-order chi connectivity index (χ1) is 18.8. The third-order valence-corrected chi connectivity index (χ3v) is 6.52. The molecular weight excluding hydrogens is 538 g/mol. The Hall–Kier alpha value is -4.64. The maximum atomic E-state index is 14.8. The lowest BCUT2D eigenvalue weighted by Gasteiger charge is -2.10. The Balaban J connectivity index is 1.30. The number of hydrogen-bond acceptors (Lipinski definition) is 6. The van der Waals surface area contributed by atoms with Crippen LogP contribution in [0.1, 0.15) is 27.0 Å². The molecule has 0 bridgehead atoms. The van der Waals surface area contributed by atoms with E-state index in [0.717, 1.165) is 10.8 Å². The lowest BCUT2D eigenvalue weighted by atomic mass is 10.0. The molecule has 3 aromatic carbocycles. The van der Waals surface area contributed by atoms with E-state index >= 15 is 0 Å². The Morgan fingerprint density at radius 1 is 0.923 bits per heavy atom. The molecule has 5 aromatic rings. The first-order valence-electron chi connectivity index (χ1n) is 11.6. The number of benzene rings is 3. The summed E-state index contributed by atoms with van der Waals surface area (Å²) in [7, 11) is 0. The van der Waals surface area contributed by atoms with E-state index in [0.29, 0.717) is 27.5 Å². The van der Waals surface area contributed by atoms with Gasteiger partial charge in [0.25, 0.3) is 0 Å². The molecule has 2 heterocycles. The van der Waals surface area contributed by atoms with E-state index < -0.39 is 5.82 Å². The summed E-state index contributed by atoms with van der Waals surface area (Å²) in [5, 5.41) is 2.38. The second-order valence-corrected chi connectivity index (χ2v) is 9.36. The molecule has 4 N–H and O–H groups in total. The molecule has 192 valence electrons. The smallest absolute Gasteiger partial charge is 0.167 e. The van der Waals surface area contributed by atoms with E-state index in [-0.39, 0.29) is 40.1 Å². The summed E-state index contributed by atoms with van der Waals surface area (Å²) in [6.07, 6.45) is 2.98. The van der Waals surface area contributed by atoms with Crippen molar-refractivity contribution >= 4 is 51.4 Å². The van der Waals surface area contributed by atoms with Crippen molar-refractivity contribution in [2.45, 2.75) is 6.42 Å². The Kier molecular flexibility index (Phi) is 7.33. The number of nitrogens with zero attached hydrogens (tertiary/aromatic N) is 2. The number of carbonyl (C=O) groups is 1. The van der Waals surface area contributed by atoms with E-state index in [4.69, 9.17) is 39.4 Å². The molecule has 0 spiro atoms. The third-order valence-electron chi connectivity index (χ3n) is 5.91. The van der Waals surface area contributed by atoms with Gasteiger partial charge < -0.3 is 16.2 Å². The van der Waals surface area contributed by atoms with Crippen LogP contribution in [0.25, 0.3) is 10.8 Å². The van der Waals surface area contributed by atoms with Crippen molar-refractivity contribution < 1.29 is 13.9 Å². The molecule has 0 unspecified atom stereocenters. The van der Waals surface area contributed by atoms with Crippen LogP contribution < -0.4 is 16.2 Å². The predicted octanol–water partition coefficient (Wildman–Crippen LogP) is 6.86. The zero-order valence-corrected chi connectivity index (χ0v) is 21.7. The van der Waals surface area contributed by atoms with E-state index in [2.05, 4.69) is 21.8 Å². The molecule has 0 radical (unpaired) electrons. The SMILES string of the molecule is Nc1nccc(Oc2ccc(CC(=O)c3ccc(C#Cc4c(N)ncc5ccc(Cl)cc45)cc3)c(F)c2)c1Cl. The van der Waals surface area contributed by atoms with Gasteiger partial charge in [-0.25, -0.2) is 14.4 Å². The zero-order chi connectivity index (χ0) is 27.5. The summed E-state index contributed by atoms with van der Waals surface area (Å²) in [5.41, 5.74) is 13.6. The first kappa shape index (κ1) is 26.0. The molecule has 6 nitrogen and oxygen atoms in total. The lowest BCUT2D eigenvalue weighted by Crippen LogP contribution is -2.05. The molecule has 0 saturated carbocycles. The fourth-order valence-electron chi connectivity index (χ4n) is 3.86. The standard InChI is InChI=1S/C30H19Cl2FN4O2/c31-21-8-6-20-16-37-29(34)23(24(20)14-21)10-3-17-1-4-18(5-2-17)26(38)13-19-7-9-22(15-25(19)33)39-27-11-12-36-30(35)28(27)32/h1-2,4-9,11-12,14-16H,13H2,(H2,34,37)(H2,35,36). The highest BCUT2D eigenvalue weighted by Gasteiger charge is 2.13. The number of hydrogen-bond donors (Lipinski definition) is 2. The maximum Gasteiger partial charge on any atom is 0.167 e. The molecule has 0 amide bonds. The van der Waals surface area contributed by atoms with Crippen molar-refractivity contribution in [2.75, 3.05) is 11.5 Å². The van der Waals surface area contributed by atoms with Gasteiger partial charge in [-0.2, -0.15) is 0 Å². The minimum Gasteiger partial charge on any atom is -0.455 e. The monoisotopic (exact) mass is 556 g/mol. The first-order valence-corrected chi connectivity index (χ1v) is 12.4. The number of carbonyl (C=O) groups excluding carboxylic acids is 1. The van der Waals surface area contributed by atoms with Gasteiger partial charge in [0, 0.05) is 57.9 Å². The number of ketones is 1. The van der Waals surface area contributed by atoms with Gasteiger partial charge in [-0.3, -0.25) is 4.79 Å². The topological polar surface area (TPSA) is 104 Å². The Morgan fingerprint density at radius 2 is 1.72 bits per heavy atom. The Morgan fingerprint density at radius 3 is 2.49 bits per heavy atom. The minimum absolute atomic E-state index is 0.105. The minimum atomic E-state index is -0.581. The zero-order valence-electron chi connectivity index (χ0n) is 20.2. The van der Waals surface area contributed by atoms with Crippen LogP contribution in [-0.2, 0) is 6.42 Å². The van der Waals surface area contributed by atoms with Gasteiger partial charge in [-0.15, -0.1) is 0 Å². The second-order valence-electron chi connectivity index (χ2n) is 8.54. The molecule has 0 saturated heterocycles. The number of aromatic nitrogens is 2. The number of nitrogens with two attached hydrogens (primary N) is 2. The third kappa shape index (κ3) is 5.78. The van der Waals surface area contributed by atoms with Gasteiger partial charge >= 0.3 is 0 Å². The second kappa shape index (κ2) is 11.0. The number of halogens is 3. The van der Waals surface area contributed by atoms with Gasteiger partial charge in [-0.05, 0) is 35.9 Å². The van der Waals surface area contributed by atoms with Crippen LogP contribution in [0.4, 0.5) is 16.0 Å². The molecule has 5 rings (SSSR count). The van der Waals surface area contributed by atoms with Crippen LogP contribution >= 0.6 is 23.2 Å². The molecule has 9 heteroatoms. The predicted molar refractivity (Wildman–Crippen MR) is 152 cm³/mol. The summed E-state index contributed by atoms with van der Waals surface area (Å²) in [4.78, 5) is 20.9. The maximum absolute atomic E-state index is 14.8. The molecule has 2 aromatic heterocycles. The van der Waals surface area contributed by atoms with E-state index in [1.807, 2.05) is 6.07 Å². The average Bonchev–Trinajstić information content (AvgIpc) is 2.92. The highest BCUT2D eigenvalue weighted by Crippen LogP contribution is 2.32. The molecule has 0 aliphatic rings. The van der Waals surface area contributed by atoms with Gasteiger partial charge in [0.15, 0.2) is 11.5 Å². The van der Waals surface area contributed by atoms with E-state index in [1.54, 1.807) is 48.7 Å². The van der Waals surface area contributed by atoms with Crippen molar-refractivity contribution in [1.29, 1.82) is 0 Å². The normalized spacial score (nSPS) is 10.6. The number of rotatable bonds is 5. The number of Topliss-reactive ketones (excluding diaryl/α,β-unsaturated/α-hetero) is 1. The quantitative estimate of drug-likeness (QED) is 0.181.